The van der Waals surface area contributed by atoms with Crippen LogP contribution in [0.1, 0.15) is 26.5 Å². The molecule has 0 saturated carbocycles. The Morgan fingerprint density at radius 3 is 2.75 bits per heavy atom. The van der Waals surface area contributed by atoms with Gasteiger partial charge in [-0.15, -0.1) is 22.7 Å². The number of carbonyl (C=O) groups is 1. The lowest BCUT2D eigenvalue weighted by molar-refractivity contribution is -0.895. The number of hydrogen-bond donors (Lipinski definition) is 2. The van der Waals surface area contributed by atoms with Gasteiger partial charge >= 0.3 is 0 Å². The van der Waals surface area contributed by atoms with Crippen LogP contribution in [0.5, 0.6) is 0 Å². The lowest BCUT2D eigenvalue weighted by Crippen LogP contribution is -3.08. The minimum absolute atomic E-state index is 0.0288. The molecule has 5 rings (SSSR count). The number of aromatic nitrogens is 1. The van der Waals surface area contributed by atoms with Gasteiger partial charge in [-0.05, 0) is 11.4 Å². The summed E-state index contributed by atoms with van der Waals surface area (Å²) in [5.74, 6) is -0.0288. The fraction of sp³-hybridized carbons (Fsp3) is 0.182. The van der Waals surface area contributed by atoms with E-state index in [4.69, 9.17) is 10.7 Å². The molecule has 28 heavy (non-hydrogen) atoms. The quantitative estimate of drug-likeness (QED) is 0.513. The van der Waals surface area contributed by atoms with Crippen LogP contribution in [0.4, 0.5) is 5.69 Å². The van der Waals surface area contributed by atoms with Crippen LogP contribution in [-0.2, 0) is 13.0 Å². The van der Waals surface area contributed by atoms with Gasteiger partial charge in [0, 0.05) is 33.4 Å². The van der Waals surface area contributed by atoms with E-state index in [0.717, 1.165) is 35.4 Å². The van der Waals surface area contributed by atoms with Crippen molar-refractivity contribution in [1.82, 2.24) is 4.98 Å². The number of ketones is 1. The Morgan fingerprint density at radius 1 is 1.18 bits per heavy atom. The van der Waals surface area contributed by atoms with Crippen LogP contribution < -0.4 is 10.6 Å². The number of nitrogens with one attached hydrogen (secondary N) is 1. The van der Waals surface area contributed by atoms with E-state index >= 15 is 0 Å². The number of anilines is 1. The largest absolute Gasteiger partial charge is 0.397 e. The normalized spacial score (nSPS) is 16.2. The fourth-order valence-corrected chi connectivity index (χ4v) is 5.83. The number of likely N-dealkylation sites (N-methyl/N-ethyl adjacent to an activating group) is 1. The second-order valence-corrected chi connectivity index (χ2v) is 9.19. The van der Waals surface area contributed by atoms with E-state index in [2.05, 4.69) is 24.6 Å². The summed E-state index contributed by atoms with van der Waals surface area (Å²) >= 11 is 3.14. The van der Waals surface area contributed by atoms with Crippen molar-refractivity contribution in [2.24, 2.45) is 0 Å². The molecule has 6 heteroatoms. The second-order valence-electron chi connectivity index (χ2n) is 7.24. The Balaban J connectivity index is 1.79. The highest BCUT2D eigenvalue weighted by Crippen LogP contribution is 2.44. The van der Waals surface area contributed by atoms with E-state index < -0.39 is 0 Å². The minimum Gasteiger partial charge on any atom is -0.397 e. The predicted molar refractivity (Wildman–Crippen MR) is 116 cm³/mol. The molecular weight excluding hydrogens is 386 g/mol. The summed E-state index contributed by atoms with van der Waals surface area (Å²) < 4.78 is 0. The molecule has 3 N–H and O–H groups in total. The molecule has 1 aliphatic heterocycles. The van der Waals surface area contributed by atoms with E-state index in [-0.39, 0.29) is 5.78 Å². The molecular formula is C22H20N3OS2+. The third-order valence-corrected chi connectivity index (χ3v) is 7.33. The first-order valence-corrected chi connectivity index (χ1v) is 11.0. The van der Waals surface area contributed by atoms with Gasteiger partial charge in [0.05, 0.1) is 25.0 Å². The van der Waals surface area contributed by atoms with Crippen molar-refractivity contribution in [2.75, 3.05) is 19.3 Å². The molecule has 4 nitrogen and oxygen atoms in total. The molecule has 1 aromatic carbocycles. The predicted octanol–water partition coefficient (Wildman–Crippen LogP) is 3.41. The molecule has 3 aromatic heterocycles. The van der Waals surface area contributed by atoms with E-state index in [0.29, 0.717) is 16.1 Å². The van der Waals surface area contributed by atoms with Crippen LogP contribution in [0.15, 0.2) is 47.8 Å². The van der Waals surface area contributed by atoms with Gasteiger partial charge in [0.15, 0.2) is 0 Å². The summed E-state index contributed by atoms with van der Waals surface area (Å²) in [7, 11) is 2.21. The van der Waals surface area contributed by atoms with Gasteiger partial charge in [-0.3, -0.25) is 4.79 Å². The third-order valence-electron chi connectivity index (χ3n) is 5.34. The maximum atomic E-state index is 13.1. The summed E-state index contributed by atoms with van der Waals surface area (Å²) in [6.07, 6.45) is 0.954. The zero-order valence-electron chi connectivity index (χ0n) is 15.5. The van der Waals surface area contributed by atoms with Gasteiger partial charge < -0.3 is 10.6 Å². The Kier molecular flexibility index (Phi) is 4.27. The van der Waals surface area contributed by atoms with Crippen molar-refractivity contribution in [2.45, 2.75) is 13.0 Å². The van der Waals surface area contributed by atoms with Gasteiger partial charge in [0.2, 0.25) is 5.78 Å². The van der Waals surface area contributed by atoms with E-state index in [9.17, 15) is 4.79 Å². The number of benzene rings is 1. The number of rotatable bonds is 3. The van der Waals surface area contributed by atoms with Crippen LogP contribution in [0.2, 0.25) is 0 Å². The maximum absolute atomic E-state index is 13.1. The number of pyridine rings is 1. The number of thiophene rings is 2. The lowest BCUT2D eigenvalue weighted by Gasteiger charge is -2.24. The summed E-state index contributed by atoms with van der Waals surface area (Å²) in [5, 5.41) is 3.03. The molecule has 0 saturated heterocycles. The number of nitrogen functional groups attached to an aromatic ring is 1. The van der Waals surface area contributed by atoms with E-state index in [1.54, 1.807) is 11.3 Å². The van der Waals surface area contributed by atoms with Crippen molar-refractivity contribution in [3.8, 4) is 10.4 Å². The monoisotopic (exact) mass is 406 g/mol. The zero-order valence-corrected chi connectivity index (χ0v) is 17.1. The molecule has 0 radical (unpaired) electrons. The molecule has 1 atom stereocenters. The Hall–Kier alpha value is -2.54. The molecule has 0 aliphatic carbocycles. The number of nitrogens with zero attached hydrogens (tertiary/aromatic N) is 1. The van der Waals surface area contributed by atoms with Gasteiger partial charge in [-0.2, -0.15) is 0 Å². The first kappa shape index (κ1) is 17.6. The van der Waals surface area contributed by atoms with Crippen molar-refractivity contribution < 1.29 is 9.69 Å². The first-order valence-electron chi connectivity index (χ1n) is 9.32. The Morgan fingerprint density at radius 2 is 2.00 bits per heavy atom. The molecule has 1 unspecified atom stereocenters. The highest BCUT2D eigenvalue weighted by atomic mass is 32.1. The summed E-state index contributed by atoms with van der Waals surface area (Å²) in [6, 6.07) is 13.5. The average molecular weight is 407 g/mol. The topological polar surface area (TPSA) is 60.4 Å². The molecule has 0 fully saturated rings. The smallest absolute Gasteiger partial charge is 0.205 e. The highest BCUT2D eigenvalue weighted by molar-refractivity contribution is 7.21. The standard InChI is InChI=1S/C22H19N3OS2/c1-25-10-9-15-14(12-25)17(16-8-5-11-27-16)18-19(23)21(28-22(18)24-15)20(26)13-6-3-2-4-7-13/h2-8,11H,9-10,12,23H2,1H3/p+1. The summed E-state index contributed by atoms with van der Waals surface area (Å²) in [6.45, 7) is 2.01. The van der Waals surface area contributed by atoms with Crippen LogP contribution in [0.25, 0.3) is 20.7 Å². The van der Waals surface area contributed by atoms with Crippen molar-refractivity contribution in [3.05, 3.63) is 69.5 Å². The first-order chi connectivity index (χ1) is 13.6. The van der Waals surface area contributed by atoms with Gasteiger partial charge in [0.1, 0.15) is 16.3 Å². The molecule has 0 spiro atoms. The third kappa shape index (κ3) is 2.76. The van der Waals surface area contributed by atoms with Crippen LogP contribution >= 0.6 is 22.7 Å². The SMILES string of the molecule is C[NH+]1CCc2nc3sc(C(=O)c4ccccc4)c(N)c3c(-c3cccs3)c2C1. The van der Waals surface area contributed by atoms with Gasteiger partial charge in [-0.1, -0.05) is 36.4 Å². The number of hydrogen-bond acceptors (Lipinski definition) is 5. The van der Waals surface area contributed by atoms with E-state index in [1.807, 2.05) is 30.3 Å². The molecule has 0 amide bonds. The lowest BCUT2D eigenvalue weighted by atomic mass is 9.96. The average Bonchev–Trinajstić information content (AvgIpc) is 3.35. The molecule has 140 valence electrons. The van der Waals surface area contributed by atoms with Crippen LogP contribution in [0, 0.1) is 0 Å². The Bertz CT molecular complexity index is 1180. The number of fused-ring (bicyclic) bond motifs is 2. The molecule has 4 heterocycles. The molecule has 1 aliphatic rings. The fourth-order valence-electron chi connectivity index (χ4n) is 3.94. The van der Waals surface area contributed by atoms with E-state index in [1.165, 1.54) is 32.2 Å². The highest BCUT2D eigenvalue weighted by Gasteiger charge is 2.28. The van der Waals surface area contributed by atoms with Crippen LogP contribution in [0.3, 0.4) is 0 Å². The van der Waals surface area contributed by atoms with Crippen molar-refractivity contribution >= 4 is 44.4 Å². The van der Waals surface area contributed by atoms with Crippen LogP contribution in [-0.4, -0.2) is 24.4 Å². The molecule has 4 aromatic rings. The number of nitrogens with two attached hydrogens (primary N) is 1. The summed E-state index contributed by atoms with van der Waals surface area (Å²) in [5.41, 5.74) is 11.4. The maximum Gasteiger partial charge on any atom is 0.205 e. The van der Waals surface area contributed by atoms with Crippen molar-refractivity contribution in [1.29, 1.82) is 0 Å². The van der Waals surface area contributed by atoms with Gasteiger partial charge in [0.25, 0.3) is 0 Å². The number of quaternary nitrogens is 1. The summed E-state index contributed by atoms with van der Waals surface area (Å²) in [4.78, 5) is 22.2. The number of carbonyl (C=O) groups excluding carboxylic acids is 1. The van der Waals surface area contributed by atoms with Gasteiger partial charge in [-0.25, -0.2) is 4.98 Å². The second kappa shape index (κ2) is 6.81. The minimum atomic E-state index is -0.0288. The zero-order chi connectivity index (χ0) is 19.3. The Labute approximate surface area is 171 Å². The van der Waals surface area contributed by atoms with Crippen molar-refractivity contribution in [3.63, 3.8) is 0 Å². The molecule has 0 bridgehead atoms.